The first-order valence-electron chi connectivity index (χ1n) is 4.95. The van der Waals surface area contributed by atoms with Gasteiger partial charge in [0.15, 0.2) is 0 Å². The van der Waals surface area contributed by atoms with Crippen molar-refractivity contribution in [2.75, 3.05) is 23.8 Å². The molecule has 0 aliphatic rings. The van der Waals surface area contributed by atoms with Crippen LogP contribution in [0.3, 0.4) is 0 Å². The maximum atomic E-state index is 11.5. The van der Waals surface area contributed by atoms with E-state index in [9.17, 15) is 4.79 Å². The number of nitrogens with two attached hydrogens (primary N) is 1. The average molecular weight is 260 g/mol. The fraction of sp³-hybridized carbons (Fsp3) is 0.364. The van der Waals surface area contributed by atoms with Crippen LogP contribution in [0.25, 0.3) is 0 Å². The van der Waals surface area contributed by atoms with Crippen LogP contribution in [0, 0.1) is 0 Å². The second kappa shape index (κ2) is 6.66. The zero-order valence-corrected chi connectivity index (χ0v) is 10.6. The molecule has 0 bridgehead atoms. The number of thioether (sulfide) groups is 1. The number of rotatable bonds is 5. The SMILES string of the molecule is CCSCCOC(=O)c1ccc(Cl)c(N)c1. The highest BCUT2D eigenvalue weighted by Gasteiger charge is 2.08. The van der Waals surface area contributed by atoms with Gasteiger partial charge in [-0.05, 0) is 24.0 Å². The molecule has 5 heteroatoms. The van der Waals surface area contributed by atoms with Crippen LogP contribution in [-0.4, -0.2) is 24.1 Å². The monoisotopic (exact) mass is 259 g/mol. The topological polar surface area (TPSA) is 52.3 Å². The Morgan fingerprint density at radius 1 is 1.56 bits per heavy atom. The van der Waals surface area contributed by atoms with Crippen LogP contribution in [-0.2, 0) is 4.74 Å². The summed E-state index contributed by atoms with van der Waals surface area (Å²) >= 11 is 7.48. The third kappa shape index (κ3) is 3.94. The van der Waals surface area contributed by atoms with Crippen LogP contribution >= 0.6 is 23.4 Å². The van der Waals surface area contributed by atoms with E-state index in [-0.39, 0.29) is 5.97 Å². The highest BCUT2D eigenvalue weighted by Crippen LogP contribution is 2.19. The number of halogens is 1. The van der Waals surface area contributed by atoms with Gasteiger partial charge in [0.25, 0.3) is 0 Å². The van der Waals surface area contributed by atoms with Gasteiger partial charge in [0.2, 0.25) is 0 Å². The van der Waals surface area contributed by atoms with E-state index < -0.39 is 0 Å². The molecule has 1 rings (SSSR count). The number of hydrogen-bond donors (Lipinski definition) is 1. The molecule has 0 aromatic heterocycles. The summed E-state index contributed by atoms with van der Waals surface area (Å²) in [6.45, 7) is 2.48. The Balaban J connectivity index is 2.50. The molecule has 0 aliphatic heterocycles. The number of carbonyl (C=O) groups is 1. The molecule has 3 nitrogen and oxygen atoms in total. The normalized spacial score (nSPS) is 10.1. The lowest BCUT2D eigenvalue weighted by Crippen LogP contribution is -2.08. The molecular weight excluding hydrogens is 246 g/mol. The van der Waals surface area contributed by atoms with Gasteiger partial charge in [-0.25, -0.2) is 4.79 Å². The van der Waals surface area contributed by atoms with Gasteiger partial charge in [0.05, 0.1) is 16.3 Å². The summed E-state index contributed by atoms with van der Waals surface area (Å²) in [4.78, 5) is 11.5. The minimum atomic E-state index is -0.361. The molecule has 0 aliphatic carbocycles. The molecule has 88 valence electrons. The average Bonchev–Trinajstić information content (AvgIpc) is 2.28. The van der Waals surface area contributed by atoms with Crippen molar-refractivity contribution in [1.82, 2.24) is 0 Å². The third-order valence-electron chi connectivity index (χ3n) is 1.90. The number of nitrogen functional groups attached to an aromatic ring is 1. The van der Waals surface area contributed by atoms with Crippen molar-refractivity contribution >= 4 is 35.0 Å². The third-order valence-corrected chi connectivity index (χ3v) is 3.10. The number of carbonyl (C=O) groups excluding carboxylic acids is 1. The quantitative estimate of drug-likeness (QED) is 0.502. The Labute approximate surface area is 104 Å². The summed E-state index contributed by atoms with van der Waals surface area (Å²) < 4.78 is 5.07. The summed E-state index contributed by atoms with van der Waals surface area (Å²) in [5.74, 6) is 1.47. The Kier molecular flexibility index (Phi) is 5.49. The molecule has 0 amide bonds. The molecule has 2 N–H and O–H groups in total. The Hall–Kier alpha value is -0.870. The van der Waals surface area contributed by atoms with Crippen LogP contribution in [0.5, 0.6) is 0 Å². The summed E-state index contributed by atoms with van der Waals surface area (Å²) in [5.41, 5.74) is 6.41. The van der Waals surface area contributed by atoms with Gasteiger partial charge < -0.3 is 10.5 Å². The summed E-state index contributed by atoms with van der Waals surface area (Å²) in [6.07, 6.45) is 0. The maximum Gasteiger partial charge on any atom is 0.338 e. The molecule has 0 radical (unpaired) electrons. The van der Waals surface area contributed by atoms with E-state index in [0.717, 1.165) is 11.5 Å². The molecular formula is C11H14ClNO2S. The second-order valence-electron chi connectivity index (χ2n) is 3.07. The highest BCUT2D eigenvalue weighted by atomic mass is 35.5. The standard InChI is InChI=1S/C11H14ClNO2S/c1-2-16-6-5-15-11(14)8-3-4-9(12)10(13)7-8/h3-4,7H,2,5-6,13H2,1H3. The number of hydrogen-bond acceptors (Lipinski definition) is 4. The molecule has 1 aromatic rings. The largest absolute Gasteiger partial charge is 0.461 e. The van der Waals surface area contributed by atoms with Crippen LogP contribution in [0.1, 0.15) is 17.3 Å². The van der Waals surface area contributed by atoms with Gasteiger partial charge in [-0.2, -0.15) is 11.8 Å². The van der Waals surface area contributed by atoms with E-state index in [1.54, 1.807) is 23.9 Å². The summed E-state index contributed by atoms with van der Waals surface area (Å²) in [7, 11) is 0. The van der Waals surface area contributed by atoms with E-state index in [4.69, 9.17) is 22.1 Å². The lowest BCUT2D eigenvalue weighted by Gasteiger charge is -2.05. The van der Waals surface area contributed by atoms with Gasteiger partial charge in [-0.3, -0.25) is 0 Å². The van der Waals surface area contributed by atoms with Crippen molar-refractivity contribution in [3.05, 3.63) is 28.8 Å². The fourth-order valence-corrected chi connectivity index (χ4v) is 1.70. The zero-order valence-electron chi connectivity index (χ0n) is 9.03. The minimum absolute atomic E-state index is 0.361. The van der Waals surface area contributed by atoms with E-state index in [1.807, 2.05) is 0 Å². The van der Waals surface area contributed by atoms with Gasteiger partial charge in [-0.1, -0.05) is 18.5 Å². The summed E-state index contributed by atoms with van der Waals surface area (Å²) in [5, 5.41) is 0.443. The zero-order chi connectivity index (χ0) is 12.0. The second-order valence-corrected chi connectivity index (χ2v) is 4.87. The van der Waals surface area contributed by atoms with E-state index in [1.165, 1.54) is 6.07 Å². The van der Waals surface area contributed by atoms with Crippen molar-refractivity contribution in [3.63, 3.8) is 0 Å². The van der Waals surface area contributed by atoms with Gasteiger partial charge in [-0.15, -0.1) is 0 Å². The van der Waals surface area contributed by atoms with Crippen molar-refractivity contribution in [1.29, 1.82) is 0 Å². The summed E-state index contributed by atoms with van der Waals surface area (Å²) in [6, 6.07) is 4.72. The molecule has 0 saturated heterocycles. The predicted molar refractivity (Wildman–Crippen MR) is 69.1 cm³/mol. The van der Waals surface area contributed by atoms with Crippen LogP contribution in [0.15, 0.2) is 18.2 Å². The van der Waals surface area contributed by atoms with Crippen LogP contribution < -0.4 is 5.73 Å². The van der Waals surface area contributed by atoms with E-state index in [2.05, 4.69) is 6.92 Å². The fourth-order valence-electron chi connectivity index (χ4n) is 1.09. The number of ether oxygens (including phenoxy) is 1. The first-order chi connectivity index (χ1) is 7.65. The van der Waals surface area contributed by atoms with E-state index in [0.29, 0.717) is 22.9 Å². The smallest absolute Gasteiger partial charge is 0.338 e. The predicted octanol–water partition coefficient (Wildman–Crippen LogP) is 2.83. The Morgan fingerprint density at radius 2 is 2.31 bits per heavy atom. The number of benzene rings is 1. The molecule has 0 atom stereocenters. The first-order valence-corrected chi connectivity index (χ1v) is 6.48. The Bertz CT molecular complexity index is 371. The molecule has 0 saturated carbocycles. The maximum absolute atomic E-state index is 11.5. The van der Waals surface area contributed by atoms with Crippen molar-refractivity contribution in [2.45, 2.75) is 6.92 Å². The molecule has 0 fully saturated rings. The highest BCUT2D eigenvalue weighted by molar-refractivity contribution is 7.99. The number of anilines is 1. The lowest BCUT2D eigenvalue weighted by atomic mass is 10.2. The molecule has 1 aromatic carbocycles. The van der Waals surface area contributed by atoms with Crippen LogP contribution in [0.4, 0.5) is 5.69 Å². The number of esters is 1. The van der Waals surface area contributed by atoms with Crippen molar-refractivity contribution in [2.24, 2.45) is 0 Å². The van der Waals surface area contributed by atoms with E-state index >= 15 is 0 Å². The Morgan fingerprint density at radius 3 is 2.94 bits per heavy atom. The first kappa shape index (κ1) is 13.2. The molecule has 0 unspecified atom stereocenters. The van der Waals surface area contributed by atoms with Gasteiger partial charge >= 0.3 is 5.97 Å². The molecule has 16 heavy (non-hydrogen) atoms. The van der Waals surface area contributed by atoms with Crippen molar-refractivity contribution < 1.29 is 9.53 Å². The molecule has 0 heterocycles. The lowest BCUT2D eigenvalue weighted by molar-refractivity contribution is 0.0530. The minimum Gasteiger partial charge on any atom is -0.461 e. The van der Waals surface area contributed by atoms with Gasteiger partial charge in [0, 0.05) is 5.75 Å². The molecule has 0 spiro atoms. The van der Waals surface area contributed by atoms with Gasteiger partial charge in [0.1, 0.15) is 6.61 Å². The van der Waals surface area contributed by atoms with Crippen LogP contribution in [0.2, 0.25) is 5.02 Å². The van der Waals surface area contributed by atoms with Crippen molar-refractivity contribution in [3.8, 4) is 0 Å².